The van der Waals surface area contributed by atoms with Gasteiger partial charge in [-0.1, -0.05) is 0 Å². The predicted molar refractivity (Wildman–Crippen MR) is 85.9 cm³/mol. The number of aromatic nitrogens is 8. The van der Waals surface area contributed by atoms with E-state index in [1.54, 1.807) is 39.5 Å². The Balaban J connectivity index is 2.11. The van der Waals surface area contributed by atoms with Crippen LogP contribution < -0.4 is 5.73 Å². The first kappa shape index (κ1) is 18.7. The Morgan fingerprint density at radius 1 is 1.16 bits per heavy atom. The standard InChI is InChI=1S/C13H24N10O2/c1-13(2,3)25-12(24)23(7-6-10-15-17-19-21(10)4)9(14)8-11-16-18-20-22(11)5/h9H,6-8,14H2,1-5H3. The van der Waals surface area contributed by atoms with Crippen molar-refractivity contribution in [1.82, 2.24) is 45.3 Å². The van der Waals surface area contributed by atoms with E-state index in [-0.39, 0.29) is 0 Å². The molecule has 12 nitrogen and oxygen atoms in total. The molecular weight excluding hydrogens is 328 g/mol. The van der Waals surface area contributed by atoms with Crippen molar-refractivity contribution in [2.75, 3.05) is 6.54 Å². The van der Waals surface area contributed by atoms with E-state index in [4.69, 9.17) is 10.5 Å². The maximum Gasteiger partial charge on any atom is 0.411 e. The van der Waals surface area contributed by atoms with Crippen LogP contribution in [0.5, 0.6) is 0 Å². The zero-order chi connectivity index (χ0) is 18.6. The van der Waals surface area contributed by atoms with E-state index in [0.29, 0.717) is 31.0 Å². The van der Waals surface area contributed by atoms with Crippen LogP contribution in [0.4, 0.5) is 4.79 Å². The van der Waals surface area contributed by atoms with Gasteiger partial charge in [0.05, 0.1) is 6.17 Å². The van der Waals surface area contributed by atoms with Crippen molar-refractivity contribution in [2.45, 2.75) is 45.4 Å². The summed E-state index contributed by atoms with van der Waals surface area (Å²) >= 11 is 0. The van der Waals surface area contributed by atoms with E-state index in [9.17, 15) is 4.79 Å². The molecule has 0 saturated carbocycles. The molecule has 0 aliphatic heterocycles. The molecule has 0 saturated heterocycles. The van der Waals surface area contributed by atoms with Crippen molar-refractivity contribution in [3.05, 3.63) is 11.6 Å². The van der Waals surface area contributed by atoms with Crippen LogP contribution in [0.15, 0.2) is 0 Å². The molecule has 25 heavy (non-hydrogen) atoms. The predicted octanol–water partition coefficient (Wildman–Crippen LogP) is -0.959. The third-order valence-electron chi connectivity index (χ3n) is 3.41. The van der Waals surface area contributed by atoms with E-state index < -0.39 is 17.9 Å². The van der Waals surface area contributed by atoms with E-state index >= 15 is 0 Å². The Hall–Kier alpha value is -2.63. The summed E-state index contributed by atoms with van der Waals surface area (Å²) in [5, 5.41) is 22.5. The van der Waals surface area contributed by atoms with Gasteiger partial charge in [-0.05, 0) is 41.6 Å². The topological polar surface area (TPSA) is 143 Å². The fourth-order valence-corrected chi connectivity index (χ4v) is 2.11. The van der Waals surface area contributed by atoms with Crippen LogP contribution in [0.3, 0.4) is 0 Å². The van der Waals surface area contributed by atoms with E-state index in [0.717, 1.165) is 0 Å². The van der Waals surface area contributed by atoms with E-state index in [1.807, 2.05) is 0 Å². The van der Waals surface area contributed by atoms with E-state index in [1.165, 1.54) is 9.58 Å². The van der Waals surface area contributed by atoms with Gasteiger partial charge in [0.15, 0.2) is 11.6 Å². The summed E-state index contributed by atoms with van der Waals surface area (Å²) < 4.78 is 8.52. The number of amides is 1. The summed E-state index contributed by atoms with van der Waals surface area (Å²) in [6.07, 6.45) is -0.432. The number of nitrogens with two attached hydrogens (primary N) is 1. The van der Waals surface area contributed by atoms with Gasteiger partial charge in [-0.2, -0.15) is 0 Å². The van der Waals surface area contributed by atoms with Crippen LogP contribution in [-0.2, 0) is 31.7 Å². The van der Waals surface area contributed by atoms with Gasteiger partial charge in [0.1, 0.15) is 5.60 Å². The third kappa shape index (κ3) is 5.17. The van der Waals surface area contributed by atoms with Crippen LogP contribution in [0.1, 0.15) is 32.4 Å². The van der Waals surface area contributed by atoms with Gasteiger partial charge in [-0.15, -0.1) is 10.2 Å². The highest BCUT2D eigenvalue weighted by atomic mass is 16.6. The molecule has 12 heteroatoms. The Morgan fingerprint density at radius 3 is 2.20 bits per heavy atom. The van der Waals surface area contributed by atoms with Gasteiger partial charge in [-0.25, -0.2) is 14.2 Å². The van der Waals surface area contributed by atoms with Crippen molar-refractivity contribution in [3.8, 4) is 0 Å². The summed E-state index contributed by atoms with van der Waals surface area (Å²) in [6.45, 7) is 5.70. The van der Waals surface area contributed by atoms with Crippen molar-refractivity contribution in [1.29, 1.82) is 0 Å². The van der Waals surface area contributed by atoms with Crippen molar-refractivity contribution < 1.29 is 9.53 Å². The molecule has 138 valence electrons. The summed E-state index contributed by atoms with van der Waals surface area (Å²) in [6, 6.07) is 0. The number of carbonyl (C=O) groups is 1. The largest absolute Gasteiger partial charge is 0.444 e. The lowest BCUT2D eigenvalue weighted by molar-refractivity contribution is 0.0164. The number of tetrazole rings is 2. The lowest BCUT2D eigenvalue weighted by Crippen LogP contribution is -2.50. The molecule has 0 fully saturated rings. The van der Waals surface area contributed by atoms with Crippen LogP contribution in [0, 0.1) is 0 Å². The van der Waals surface area contributed by atoms with Gasteiger partial charge >= 0.3 is 6.09 Å². The second-order valence-electron chi connectivity index (χ2n) is 6.63. The first-order chi connectivity index (χ1) is 11.7. The minimum absolute atomic E-state index is 0.291. The molecule has 2 heterocycles. The van der Waals surface area contributed by atoms with Crippen LogP contribution >= 0.6 is 0 Å². The zero-order valence-corrected chi connectivity index (χ0v) is 15.1. The monoisotopic (exact) mass is 352 g/mol. The first-order valence-corrected chi connectivity index (χ1v) is 7.85. The van der Waals surface area contributed by atoms with Gasteiger partial charge in [0.25, 0.3) is 0 Å². The molecule has 1 amide bonds. The zero-order valence-electron chi connectivity index (χ0n) is 15.1. The van der Waals surface area contributed by atoms with Crippen molar-refractivity contribution in [2.24, 2.45) is 19.8 Å². The number of rotatable bonds is 6. The molecule has 2 rings (SSSR count). The van der Waals surface area contributed by atoms with E-state index in [2.05, 4.69) is 31.1 Å². The Kier molecular flexibility index (Phi) is 5.62. The summed E-state index contributed by atoms with van der Waals surface area (Å²) in [5.74, 6) is 1.21. The molecule has 0 aliphatic rings. The van der Waals surface area contributed by atoms with Gasteiger partial charge in [0, 0.05) is 33.5 Å². The Bertz CT molecular complexity index is 704. The fourth-order valence-electron chi connectivity index (χ4n) is 2.11. The lowest BCUT2D eigenvalue weighted by atomic mass is 10.2. The molecule has 2 aromatic rings. The van der Waals surface area contributed by atoms with Crippen LogP contribution in [-0.4, -0.2) is 69.7 Å². The number of carbonyl (C=O) groups excluding carboxylic acids is 1. The Morgan fingerprint density at radius 2 is 1.72 bits per heavy atom. The molecule has 0 aromatic carbocycles. The maximum atomic E-state index is 12.6. The molecule has 0 aliphatic carbocycles. The number of ether oxygens (including phenoxy) is 1. The SMILES string of the molecule is Cn1nnnc1CCN(C(=O)OC(C)(C)C)C(N)Cc1nnnn1C. The molecule has 1 unspecified atom stereocenters. The van der Waals surface area contributed by atoms with Crippen molar-refractivity contribution >= 4 is 6.09 Å². The maximum absolute atomic E-state index is 12.6. The number of aryl methyl sites for hydroxylation is 2. The molecule has 0 bridgehead atoms. The third-order valence-corrected chi connectivity index (χ3v) is 3.41. The minimum Gasteiger partial charge on any atom is -0.444 e. The number of nitrogens with zero attached hydrogens (tertiary/aromatic N) is 9. The van der Waals surface area contributed by atoms with Gasteiger partial charge < -0.3 is 10.5 Å². The Labute approximate surface area is 145 Å². The minimum atomic E-state index is -0.652. The molecule has 1 atom stereocenters. The quantitative estimate of drug-likeness (QED) is 0.650. The summed E-state index contributed by atoms with van der Waals surface area (Å²) in [7, 11) is 3.45. The average Bonchev–Trinajstić information content (AvgIpc) is 3.07. The summed E-state index contributed by atoms with van der Waals surface area (Å²) in [5.41, 5.74) is 5.60. The molecular formula is C13H24N10O2. The highest BCUT2D eigenvalue weighted by Crippen LogP contribution is 2.13. The normalized spacial score (nSPS) is 12.9. The first-order valence-electron chi connectivity index (χ1n) is 7.85. The molecule has 2 N–H and O–H groups in total. The summed E-state index contributed by atoms with van der Waals surface area (Å²) in [4.78, 5) is 14.0. The van der Waals surface area contributed by atoms with Gasteiger partial charge in [0.2, 0.25) is 0 Å². The molecule has 0 spiro atoms. The van der Waals surface area contributed by atoms with Gasteiger partial charge in [-0.3, -0.25) is 4.90 Å². The lowest BCUT2D eigenvalue weighted by Gasteiger charge is -2.31. The van der Waals surface area contributed by atoms with Crippen molar-refractivity contribution in [3.63, 3.8) is 0 Å². The number of hydrogen-bond donors (Lipinski definition) is 1. The fraction of sp³-hybridized carbons (Fsp3) is 0.769. The average molecular weight is 352 g/mol. The van der Waals surface area contributed by atoms with Crippen LogP contribution in [0.2, 0.25) is 0 Å². The number of hydrogen-bond acceptors (Lipinski definition) is 9. The second-order valence-corrected chi connectivity index (χ2v) is 6.63. The second kappa shape index (κ2) is 7.51. The molecule has 0 radical (unpaired) electrons. The highest BCUT2D eigenvalue weighted by molar-refractivity contribution is 5.68. The van der Waals surface area contributed by atoms with Crippen LogP contribution in [0.25, 0.3) is 0 Å². The smallest absolute Gasteiger partial charge is 0.411 e. The molecule has 2 aromatic heterocycles. The highest BCUT2D eigenvalue weighted by Gasteiger charge is 2.28.